The Balaban J connectivity index is 1.90. The van der Waals surface area contributed by atoms with Gasteiger partial charge in [-0.15, -0.1) is 0 Å². The second-order valence-electron chi connectivity index (χ2n) is 4.57. The third-order valence-corrected chi connectivity index (χ3v) is 3.06. The molecule has 0 heterocycles. The van der Waals surface area contributed by atoms with Crippen LogP contribution in [0.15, 0.2) is 42.5 Å². The zero-order valence-electron chi connectivity index (χ0n) is 11.6. The summed E-state index contributed by atoms with van der Waals surface area (Å²) in [6.07, 6.45) is 0. The zero-order chi connectivity index (χ0) is 15.2. The van der Waals surface area contributed by atoms with Gasteiger partial charge in [0, 0.05) is 5.56 Å². The molecule has 0 amide bonds. The third-order valence-electron chi connectivity index (χ3n) is 3.06. The standard InChI is InChI=1S/C15H16BFO4/c1-20-14-6-2-11(3-7-14)9-21-10-12-4-5-13(16(18)19)8-15(12)17/h2-8,18-19H,9-10H2,1H3. The third kappa shape index (κ3) is 4.29. The van der Waals surface area contributed by atoms with E-state index in [2.05, 4.69) is 0 Å². The van der Waals surface area contributed by atoms with Crippen LogP contribution in [0.3, 0.4) is 0 Å². The molecule has 0 aromatic heterocycles. The average molecular weight is 290 g/mol. The van der Waals surface area contributed by atoms with Gasteiger partial charge < -0.3 is 19.5 Å². The van der Waals surface area contributed by atoms with E-state index >= 15 is 0 Å². The zero-order valence-corrected chi connectivity index (χ0v) is 11.6. The summed E-state index contributed by atoms with van der Waals surface area (Å²) in [7, 11) is -0.0740. The highest BCUT2D eigenvalue weighted by Crippen LogP contribution is 2.13. The molecule has 0 saturated heterocycles. The Hall–Kier alpha value is -1.89. The van der Waals surface area contributed by atoms with Crippen molar-refractivity contribution < 1.29 is 23.9 Å². The van der Waals surface area contributed by atoms with Crippen LogP contribution >= 0.6 is 0 Å². The predicted octanol–water partition coefficient (Wildman–Crippen LogP) is 1.23. The van der Waals surface area contributed by atoms with Crippen LogP contribution in [0.25, 0.3) is 0 Å². The van der Waals surface area contributed by atoms with Gasteiger partial charge in [-0.05, 0) is 29.2 Å². The van der Waals surface area contributed by atoms with Gasteiger partial charge in [0.15, 0.2) is 0 Å². The summed E-state index contributed by atoms with van der Waals surface area (Å²) >= 11 is 0. The fourth-order valence-corrected chi connectivity index (χ4v) is 1.84. The number of methoxy groups -OCH3 is 1. The minimum Gasteiger partial charge on any atom is -0.497 e. The van der Waals surface area contributed by atoms with Crippen molar-refractivity contribution in [2.75, 3.05) is 7.11 Å². The number of hydrogen-bond donors (Lipinski definition) is 2. The molecule has 2 aromatic rings. The Bertz CT molecular complexity index is 587. The van der Waals surface area contributed by atoms with Gasteiger partial charge in [-0.25, -0.2) is 4.39 Å². The van der Waals surface area contributed by atoms with Crippen LogP contribution in [-0.2, 0) is 18.0 Å². The Morgan fingerprint density at radius 1 is 1.05 bits per heavy atom. The lowest BCUT2D eigenvalue weighted by molar-refractivity contribution is 0.105. The molecule has 0 spiro atoms. The molecule has 2 aromatic carbocycles. The highest BCUT2D eigenvalue weighted by Gasteiger charge is 2.13. The molecular weight excluding hydrogens is 274 g/mol. The maximum atomic E-state index is 13.7. The number of hydrogen-bond acceptors (Lipinski definition) is 4. The van der Waals surface area contributed by atoms with Crippen LogP contribution in [0.2, 0.25) is 0 Å². The van der Waals surface area contributed by atoms with Crippen molar-refractivity contribution in [3.05, 3.63) is 59.4 Å². The van der Waals surface area contributed by atoms with Gasteiger partial charge in [-0.1, -0.05) is 24.3 Å². The molecule has 2 rings (SSSR count). The molecule has 0 fully saturated rings. The molecule has 0 atom stereocenters. The Morgan fingerprint density at radius 2 is 1.76 bits per heavy atom. The van der Waals surface area contributed by atoms with E-state index < -0.39 is 12.9 Å². The van der Waals surface area contributed by atoms with Crippen LogP contribution in [0.1, 0.15) is 11.1 Å². The number of rotatable bonds is 6. The maximum absolute atomic E-state index is 13.7. The topological polar surface area (TPSA) is 58.9 Å². The molecule has 0 radical (unpaired) electrons. The summed E-state index contributed by atoms with van der Waals surface area (Å²) in [6.45, 7) is 0.466. The van der Waals surface area contributed by atoms with Crippen molar-refractivity contribution in [3.63, 3.8) is 0 Å². The smallest absolute Gasteiger partial charge is 0.488 e. The van der Waals surface area contributed by atoms with Gasteiger partial charge >= 0.3 is 7.12 Å². The quantitative estimate of drug-likeness (QED) is 0.786. The first kappa shape index (κ1) is 15.5. The first-order chi connectivity index (χ1) is 10.1. The molecule has 0 aliphatic carbocycles. The maximum Gasteiger partial charge on any atom is 0.488 e. The second-order valence-corrected chi connectivity index (χ2v) is 4.57. The van der Waals surface area contributed by atoms with Crippen molar-refractivity contribution >= 4 is 12.6 Å². The van der Waals surface area contributed by atoms with Crippen molar-refractivity contribution in [1.82, 2.24) is 0 Å². The second kappa shape index (κ2) is 7.22. The molecule has 4 nitrogen and oxygen atoms in total. The van der Waals surface area contributed by atoms with E-state index in [1.807, 2.05) is 24.3 Å². The van der Waals surface area contributed by atoms with Crippen molar-refractivity contribution in [2.24, 2.45) is 0 Å². The van der Waals surface area contributed by atoms with Gasteiger partial charge in [0.2, 0.25) is 0 Å². The first-order valence-electron chi connectivity index (χ1n) is 6.45. The van der Waals surface area contributed by atoms with Crippen LogP contribution < -0.4 is 10.2 Å². The van der Waals surface area contributed by atoms with E-state index in [0.29, 0.717) is 12.2 Å². The first-order valence-corrected chi connectivity index (χ1v) is 6.45. The molecule has 2 N–H and O–H groups in total. The normalized spacial score (nSPS) is 10.5. The van der Waals surface area contributed by atoms with Crippen molar-refractivity contribution in [3.8, 4) is 5.75 Å². The van der Waals surface area contributed by atoms with E-state index in [4.69, 9.17) is 19.5 Å². The number of benzene rings is 2. The largest absolute Gasteiger partial charge is 0.497 e. The van der Waals surface area contributed by atoms with E-state index in [1.165, 1.54) is 12.1 Å². The minimum absolute atomic E-state index is 0.111. The lowest BCUT2D eigenvalue weighted by atomic mass is 9.80. The summed E-state index contributed by atoms with van der Waals surface area (Å²) in [4.78, 5) is 0. The summed E-state index contributed by atoms with van der Waals surface area (Å²) < 4.78 is 24.2. The summed E-state index contributed by atoms with van der Waals surface area (Å²) in [5.41, 5.74) is 1.44. The van der Waals surface area contributed by atoms with E-state index in [0.717, 1.165) is 17.4 Å². The molecule has 6 heteroatoms. The lowest BCUT2D eigenvalue weighted by Gasteiger charge is -2.08. The van der Waals surface area contributed by atoms with Crippen molar-refractivity contribution in [2.45, 2.75) is 13.2 Å². The molecule has 0 aliphatic rings. The van der Waals surface area contributed by atoms with Gasteiger partial charge in [-0.2, -0.15) is 0 Å². The van der Waals surface area contributed by atoms with Gasteiger partial charge in [-0.3, -0.25) is 0 Å². The SMILES string of the molecule is COc1ccc(COCc2ccc(B(O)O)cc2F)cc1. The predicted molar refractivity (Wildman–Crippen MR) is 77.7 cm³/mol. The van der Waals surface area contributed by atoms with E-state index in [9.17, 15) is 4.39 Å². The molecular formula is C15H16BFO4. The van der Waals surface area contributed by atoms with Gasteiger partial charge in [0.1, 0.15) is 11.6 Å². The number of halogens is 1. The fourth-order valence-electron chi connectivity index (χ4n) is 1.84. The van der Waals surface area contributed by atoms with E-state index in [1.54, 1.807) is 7.11 Å². The Labute approximate surface area is 122 Å². The fraction of sp³-hybridized carbons (Fsp3) is 0.200. The summed E-state index contributed by atoms with van der Waals surface area (Å²) in [6, 6.07) is 11.4. The number of ether oxygens (including phenoxy) is 2. The summed E-state index contributed by atoms with van der Waals surface area (Å²) in [5, 5.41) is 17.9. The van der Waals surface area contributed by atoms with Crippen LogP contribution in [0.5, 0.6) is 5.75 Å². The van der Waals surface area contributed by atoms with Gasteiger partial charge in [0.25, 0.3) is 0 Å². The molecule has 110 valence electrons. The van der Waals surface area contributed by atoms with Crippen molar-refractivity contribution in [1.29, 1.82) is 0 Å². The average Bonchev–Trinajstić information content (AvgIpc) is 2.49. The highest BCUT2D eigenvalue weighted by atomic mass is 19.1. The molecule has 0 bridgehead atoms. The van der Waals surface area contributed by atoms with Gasteiger partial charge in [0.05, 0.1) is 20.3 Å². The lowest BCUT2D eigenvalue weighted by Crippen LogP contribution is -2.30. The van der Waals surface area contributed by atoms with E-state index in [-0.39, 0.29) is 12.1 Å². The minimum atomic E-state index is -1.67. The van der Waals surface area contributed by atoms with Crippen LogP contribution in [0.4, 0.5) is 4.39 Å². The molecule has 0 aliphatic heterocycles. The van der Waals surface area contributed by atoms with Crippen LogP contribution in [0, 0.1) is 5.82 Å². The Morgan fingerprint density at radius 3 is 2.33 bits per heavy atom. The monoisotopic (exact) mass is 290 g/mol. The molecule has 21 heavy (non-hydrogen) atoms. The highest BCUT2D eigenvalue weighted by molar-refractivity contribution is 6.58. The molecule has 0 saturated carbocycles. The molecule has 0 unspecified atom stereocenters. The summed E-state index contributed by atoms with van der Waals surface area (Å²) in [5.74, 6) is 0.248. The van der Waals surface area contributed by atoms with Crippen LogP contribution in [-0.4, -0.2) is 24.3 Å². The Kier molecular flexibility index (Phi) is 5.33.